The lowest BCUT2D eigenvalue weighted by molar-refractivity contribution is -0.0467. The summed E-state index contributed by atoms with van der Waals surface area (Å²) >= 11 is 0. The Kier molecular flexibility index (Phi) is 4.91. The van der Waals surface area contributed by atoms with Gasteiger partial charge in [0.15, 0.2) is 6.61 Å². The molecule has 0 aliphatic heterocycles. The zero-order valence-electron chi connectivity index (χ0n) is 11.9. The third-order valence-electron chi connectivity index (χ3n) is 3.10. The third-order valence-corrected chi connectivity index (χ3v) is 3.10. The van der Waals surface area contributed by atoms with Gasteiger partial charge in [0, 0.05) is 11.6 Å². The number of benzene rings is 2. The number of hydrogen-bond donors (Lipinski definition) is 1. The van der Waals surface area contributed by atoms with Crippen molar-refractivity contribution in [2.45, 2.75) is 25.3 Å². The van der Waals surface area contributed by atoms with Crippen LogP contribution >= 0.6 is 0 Å². The van der Waals surface area contributed by atoms with E-state index in [4.69, 9.17) is 10.5 Å². The summed E-state index contributed by atoms with van der Waals surface area (Å²) in [6, 6.07) is 14.8. The van der Waals surface area contributed by atoms with Gasteiger partial charge in [-0.1, -0.05) is 42.5 Å². The molecule has 0 heterocycles. The van der Waals surface area contributed by atoms with Crippen LogP contribution in [0.2, 0.25) is 0 Å². The monoisotopic (exact) mass is 291 g/mol. The summed E-state index contributed by atoms with van der Waals surface area (Å²) in [6.07, 6.45) is 0.750. The minimum atomic E-state index is -3.01. The highest BCUT2D eigenvalue weighted by atomic mass is 19.3. The van der Waals surface area contributed by atoms with Gasteiger partial charge in [-0.2, -0.15) is 8.78 Å². The Balaban J connectivity index is 1.96. The van der Waals surface area contributed by atoms with Crippen LogP contribution in [-0.2, 0) is 12.3 Å². The first-order valence-electron chi connectivity index (χ1n) is 6.88. The highest BCUT2D eigenvalue weighted by molar-refractivity contribution is 5.28. The molecule has 0 spiro atoms. The van der Waals surface area contributed by atoms with Gasteiger partial charge in [-0.25, -0.2) is 0 Å². The van der Waals surface area contributed by atoms with Gasteiger partial charge < -0.3 is 10.5 Å². The number of halogens is 2. The predicted octanol–water partition coefficient (Wildman–Crippen LogP) is 3.75. The molecule has 2 aromatic rings. The number of hydrogen-bond acceptors (Lipinski definition) is 2. The van der Waals surface area contributed by atoms with E-state index in [1.54, 1.807) is 30.3 Å². The van der Waals surface area contributed by atoms with Gasteiger partial charge in [0.1, 0.15) is 5.75 Å². The van der Waals surface area contributed by atoms with Crippen LogP contribution in [0.1, 0.15) is 18.1 Å². The molecule has 2 nitrogen and oxygen atoms in total. The van der Waals surface area contributed by atoms with Crippen LogP contribution in [0.5, 0.6) is 5.75 Å². The van der Waals surface area contributed by atoms with Crippen molar-refractivity contribution >= 4 is 0 Å². The highest BCUT2D eigenvalue weighted by Gasteiger charge is 2.32. The molecule has 2 aromatic carbocycles. The number of rotatable bonds is 6. The minimum Gasteiger partial charge on any atom is -0.487 e. The summed E-state index contributed by atoms with van der Waals surface area (Å²) in [6.45, 7) is 1.24. The molecule has 0 aliphatic carbocycles. The standard InChI is InChI=1S/C17H19F2NO/c1-13(20)11-14-7-9-16(10-8-14)21-12-17(18,19)15-5-3-2-4-6-15/h2-10,13H,11-12,20H2,1H3/t13-/m0/s1. The summed E-state index contributed by atoms with van der Waals surface area (Å²) in [7, 11) is 0. The Morgan fingerprint density at radius 2 is 1.67 bits per heavy atom. The van der Waals surface area contributed by atoms with E-state index in [1.165, 1.54) is 12.1 Å². The van der Waals surface area contributed by atoms with E-state index in [0.717, 1.165) is 12.0 Å². The number of ether oxygens (including phenoxy) is 1. The van der Waals surface area contributed by atoms with Crippen molar-refractivity contribution < 1.29 is 13.5 Å². The van der Waals surface area contributed by atoms with Crippen LogP contribution in [0, 0.1) is 0 Å². The lowest BCUT2D eigenvalue weighted by Gasteiger charge is -2.17. The molecule has 0 radical (unpaired) electrons. The molecule has 2 N–H and O–H groups in total. The van der Waals surface area contributed by atoms with E-state index in [9.17, 15) is 8.78 Å². The lowest BCUT2D eigenvalue weighted by Crippen LogP contribution is -2.23. The summed E-state index contributed by atoms with van der Waals surface area (Å²) in [4.78, 5) is 0. The van der Waals surface area contributed by atoms with Crippen molar-refractivity contribution in [3.05, 3.63) is 65.7 Å². The van der Waals surface area contributed by atoms with Gasteiger partial charge in [0.25, 0.3) is 0 Å². The van der Waals surface area contributed by atoms with Crippen molar-refractivity contribution in [3.63, 3.8) is 0 Å². The smallest absolute Gasteiger partial charge is 0.306 e. The van der Waals surface area contributed by atoms with Crippen molar-refractivity contribution in [2.75, 3.05) is 6.61 Å². The van der Waals surface area contributed by atoms with E-state index in [0.29, 0.717) is 5.75 Å². The first-order chi connectivity index (χ1) is 9.97. The summed E-state index contributed by atoms with van der Waals surface area (Å²) in [5.74, 6) is -2.58. The van der Waals surface area contributed by atoms with Crippen molar-refractivity contribution in [3.8, 4) is 5.75 Å². The van der Waals surface area contributed by atoms with Gasteiger partial charge in [-0.15, -0.1) is 0 Å². The molecule has 0 unspecified atom stereocenters. The second-order valence-electron chi connectivity index (χ2n) is 5.18. The van der Waals surface area contributed by atoms with Crippen LogP contribution < -0.4 is 10.5 Å². The Morgan fingerprint density at radius 3 is 2.24 bits per heavy atom. The maximum Gasteiger partial charge on any atom is 0.306 e. The van der Waals surface area contributed by atoms with E-state index in [2.05, 4.69) is 0 Å². The second kappa shape index (κ2) is 6.68. The molecule has 2 rings (SSSR count). The van der Waals surface area contributed by atoms with Crippen LogP contribution in [0.4, 0.5) is 8.78 Å². The Labute approximate surface area is 123 Å². The molecule has 0 bridgehead atoms. The first kappa shape index (κ1) is 15.4. The SMILES string of the molecule is C[C@H](N)Cc1ccc(OCC(F)(F)c2ccccc2)cc1. The molecule has 1 atom stereocenters. The molecule has 0 saturated carbocycles. The summed E-state index contributed by atoms with van der Waals surface area (Å²) < 4.78 is 33.1. The zero-order chi connectivity index (χ0) is 15.3. The topological polar surface area (TPSA) is 35.2 Å². The first-order valence-corrected chi connectivity index (χ1v) is 6.88. The Morgan fingerprint density at radius 1 is 1.05 bits per heavy atom. The second-order valence-corrected chi connectivity index (χ2v) is 5.18. The average Bonchev–Trinajstić information content (AvgIpc) is 2.47. The lowest BCUT2D eigenvalue weighted by atomic mass is 10.1. The molecule has 4 heteroatoms. The molecule has 21 heavy (non-hydrogen) atoms. The molecular weight excluding hydrogens is 272 g/mol. The normalized spacial score (nSPS) is 13.0. The van der Waals surface area contributed by atoms with Crippen LogP contribution in [0.25, 0.3) is 0 Å². The van der Waals surface area contributed by atoms with Gasteiger partial charge in [-0.05, 0) is 31.0 Å². The molecule has 0 fully saturated rings. The summed E-state index contributed by atoms with van der Waals surface area (Å²) in [5, 5.41) is 0. The van der Waals surface area contributed by atoms with Crippen molar-refractivity contribution in [1.82, 2.24) is 0 Å². The van der Waals surface area contributed by atoms with Gasteiger partial charge >= 0.3 is 5.92 Å². The van der Waals surface area contributed by atoms with Crippen LogP contribution in [-0.4, -0.2) is 12.6 Å². The van der Waals surface area contributed by atoms with E-state index < -0.39 is 12.5 Å². The minimum absolute atomic E-state index is 0.0430. The maximum absolute atomic E-state index is 14.0. The van der Waals surface area contributed by atoms with E-state index in [1.807, 2.05) is 19.1 Å². The van der Waals surface area contributed by atoms with E-state index in [-0.39, 0.29) is 11.6 Å². The van der Waals surface area contributed by atoms with Crippen LogP contribution in [0.3, 0.4) is 0 Å². The van der Waals surface area contributed by atoms with Gasteiger partial charge in [0.2, 0.25) is 0 Å². The van der Waals surface area contributed by atoms with Crippen molar-refractivity contribution in [2.24, 2.45) is 5.73 Å². The van der Waals surface area contributed by atoms with Crippen LogP contribution in [0.15, 0.2) is 54.6 Å². The fourth-order valence-electron chi connectivity index (χ4n) is 2.03. The fraction of sp³-hybridized carbons (Fsp3) is 0.294. The van der Waals surface area contributed by atoms with E-state index >= 15 is 0 Å². The molecule has 112 valence electrons. The highest BCUT2D eigenvalue weighted by Crippen LogP contribution is 2.28. The van der Waals surface area contributed by atoms with Gasteiger partial charge in [-0.3, -0.25) is 0 Å². The molecule has 0 amide bonds. The number of alkyl halides is 2. The molecule has 0 saturated heterocycles. The zero-order valence-corrected chi connectivity index (χ0v) is 11.9. The third kappa shape index (κ3) is 4.53. The van der Waals surface area contributed by atoms with Gasteiger partial charge in [0.05, 0.1) is 0 Å². The molecule has 0 aliphatic rings. The molecule has 0 aromatic heterocycles. The van der Waals surface area contributed by atoms with Crippen molar-refractivity contribution in [1.29, 1.82) is 0 Å². The predicted molar refractivity (Wildman–Crippen MR) is 79.6 cm³/mol. The average molecular weight is 291 g/mol. The maximum atomic E-state index is 14.0. The Hall–Kier alpha value is -1.94. The number of nitrogens with two attached hydrogens (primary N) is 1. The fourth-order valence-corrected chi connectivity index (χ4v) is 2.03. The quantitative estimate of drug-likeness (QED) is 0.879. The Bertz CT molecular complexity index is 553. The molecular formula is C17H19F2NO. The summed E-state index contributed by atoms with van der Waals surface area (Å²) in [5.41, 5.74) is 6.73. The largest absolute Gasteiger partial charge is 0.487 e.